The largest absolute Gasteiger partial charge is 0.497 e. The second kappa shape index (κ2) is 10.1. The van der Waals surface area contributed by atoms with Crippen LogP contribution in [0, 0.1) is 11.2 Å². The summed E-state index contributed by atoms with van der Waals surface area (Å²) in [5.74, 6) is -1.20. The van der Waals surface area contributed by atoms with Gasteiger partial charge in [-0.1, -0.05) is 54.6 Å². The molecule has 2 heterocycles. The maximum Gasteiger partial charge on any atom is 0.185 e. The smallest absolute Gasteiger partial charge is 0.185 e. The highest BCUT2D eigenvalue weighted by molar-refractivity contribution is 6.32. The van der Waals surface area contributed by atoms with Crippen molar-refractivity contribution in [2.45, 2.75) is 24.9 Å². The molecule has 214 valence electrons. The minimum atomic E-state index is -1.67. The lowest BCUT2D eigenvalue weighted by Gasteiger charge is -2.37. The van der Waals surface area contributed by atoms with Crippen LogP contribution < -0.4 is 14.4 Å². The molecule has 0 saturated carbocycles. The second-order valence-corrected chi connectivity index (χ2v) is 11.0. The van der Waals surface area contributed by atoms with Gasteiger partial charge in [0.1, 0.15) is 28.8 Å². The Morgan fingerprint density at radius 2 is 1.58 bits per heavy atom. The van der Waals surface area contributed by atoms with E-state index in [2.05, 4.69) is 0 Å². The lowest BCUT2D eigenvalue weighted by atomic mass is 9.64. The molecule has 3 aliphatic rings. The molecule has 4 aromatic rings. The summed E-state index contributed by atoms with van der Waals surface area (Å²) < 4.78 is 25.8. The summed E-state index contributed by atoms with van der Waals surface area (Å²) in [4.78, 5) is 46.2. The number of methoxy groups -OCH3 is 1. The van der Waals surface area contributed by atoms with E-state index in [1.165, 1.54) is 12.1 Å². The normalized spacial score (nSPS) is 21.0. The van der Waals surface area contributed by atoms with Crippen LogP contribution in [0.1, 0.15) is 55.0 Å². The van der Waals surface area contributed by atoms with Crippen LogP contribution in [0.3, 0.4) is 0 Å². The van der Waals surface area contributed by atoms with E-state index in [-0.39, 0.29) is 17.3 Å². The molecule has 0 aromatic heterocycles. The summed E-state index contributed by atoms with van der Waals surface area (Å²) in [7, 11) is 1.55. The molecular weight excluding hydrogens is 545 g/mol. The quantitative estimate of drug-likeness (QED) is 0.192. The van der Waals surface area contributed by atoms with Crippen molar-refractivity contribution >= 4 is 29.1 Å². The summed E-state index contributed by atoms with van der Waals surface area (Å²) in [6.45, 7) is 2.21. The van der Waals surface area contributed by atoms with Crippen molar-refractivity contribution in [3.8, 4) is 11.5 Å². The third-order valence-electron chi connectivity index (χ3n) is 8.96. The van der Waals surface area contributed by atoms with E-state index in [1.54, 1.807) is 79.9 Å². The van der Waals surface area contributed by atoms with Crippen molar-refractivity contribution in [1.29, 1.82) is 0 Å². The Morgan fingerprint density at radius 3 is 2.26 bits per heavy atom. The Bertz CT molecular complexity index is 1790. The number of anilines is 1. The van der Waals surface area contributed by atoms with Gasteiger partial charge in [0.05, 0.1) is 19.8 Å². The number of rotatable bonds is 6. The number of halogens is 1. The first-order chi connectivity index (χ1) is 20.9. The van der Waals surface area contributed by atoms with E-state index in [9.17, 15) is 18.8 Å². The van der Waals surface area contributed by atoms with E-state index >= 15 is 0 Å². The lowest BCUT2D eigenvalue weighted by molar-refractivity contribution is 0.0664. The molecule has 7 heteroatoms. The summed E-state index contributed by atoms with van der Waals surface area (Å²) in [6.07, 6.45) is 3.53. The molecule has 6 nitrogen and oxygen atoms in total. The second-order valence-electron chi connectivity index (χ2n) is 11.0. The van der Waals surface area contributed by atoms with Gasteiger partial charge in [-0.15, -0.1) is 0 Å². The molecule has 1 fully saturated rings. The molecule has 2 aliphatic heterocycles. The molecule has 1 unspecified atom stereocenters. The zero-order valence-electron chi connectivity index (χ0n) is 23.6. The number of nitrogens with zero attached hydrogens (tertiary/aromatic N) is 1. The predicted molar refractivity (Wildman–Crippen MR) is 161 cm³/mol. The first-order valence-corrected chi connectivity index (χ1v) is 14.3. The van der Waals surface area contributed by atoms with Crippen molar-refractivity contribution in [3.63, 3.8) is 0 Å². The van der Waals surface area contributed by atoms with Gasteiger partial charge in [0, 0.05) is 39.4 Å². The van der Waals surface area contributed by atoms with Gasteiger partial charge in [0.25, 0.3) is 0 Å². The molecule has 1 saturated heterocycles. The van der Waals surface area contributed by atoms with Gasteiger partial charge in [0.15, 0.2) is 17.3 Å². The van der Waals surface area contributed by atoms with Crippen LogP contribution in [-0.2, 0) is 0 Å². The SMILES string of the molecule is CCOc1ccccc1[C@H]1[C@H](C(=O)c2ccc(OC)cc2)N2c3ccc(F)cc3C=CC2C12C(=O)c1ccccc1C2=O. The number of ether oxygens (including phenoxy) is 2. The van der Waals surface area contributed by atoms with Gasteiger partial charge in [0.2, 0.25) is 0 Å². The number of carbonyl (C=O) groups is 3. The highest BCUT2D eigenvalue weighted by Gasteiger charge is 2.72. The number of hydrogen-bond donors (Lipinski definition) is 0. The molecule has 0 bridgehead atoms. The standard InChI is InChI=1S/C36H28FNO5/c1-3-43-29-11-7-6-10-27(29)31-32(33(39)21-12-16-24(42-2)17-13-21)38-28-18-15-23(37)20-22(28)14-19-30(38)36(31)34(40)25-8-4-5-9-26(25)35(36)41/h4-20,30-32H,3H2,1-2H3/t30?,31-,32+/m0/s1. The number of carbonyl (C=O) groups excluding carboxylic acids is 3. The number of fused-ring (bicyclic) bond motifs is 5. The Hall–Kier alpha value is -5.04. The molecule has 3 atom stereocenters. The van der Waals surface area contributed by atoms with E-state index in [1.807, 2.05) is 30.0 Å². The fourth-order valence-corrected chi connectivity index (χ4v) is 7.24. The van der Waals surface area contributed by atoms with Crippen LogP contribution in [-0.4, -0.2) is 43.2 Å². The van der Waals surface area contributed by atoms with Gasteiger partial charge in [-0.05, 0) is 55.5 Å². The summed E-state index contributed by atoms with van der Waals surface area (Å²) in [5.41, 5.74) is 1.13. The summed E-state index contributed by atoms with van der Waals surface area (Å²) in [5, 5.41) is 0. The average Bonchev–Trinajstić information content (AvgIpc) is 3.47. The van der Waals surface area contributed by atoms with E-state index in [0.29, 0.717) is 51.6 Å². The molecule has 1 spiro atoms. The predicted octanol–water partition coefficient (Wildman–Crippen LogP) is 6.55. The zero-order chi connectivity index (χ0) is 29.9. The van der Waals surface area contributed by atoms with Gasteiger partial charge < -0.3 is 14.4 Å². The van der Waals surface area contributed by atoms with Crippen LogP contribution in [0.5, 0.6) is 11.5 Å². The fraction of sp³-hybridized carbons (Fsp3) is 0.194. The Balaban J connectivity index is 1.55. The van der Waals surface area contributed by atoms with Crippen molar-refractivity contribution in [1.82, 2.24) is 0 Å². The van der Waals surface area contributed by atoms with Crippen molar-refractivity contribution in [3.05, 3.63) is 131 Å². The Morgan fingerprint density at radius 1 is 0.907 bits per heavy atom. The molecule has 4 aromatic carbocycles. The van der Waals surface area contributed by atoms with Crippen molar-refractivity contribution in [2.24, 2.45) is 5.41 Å². The maximum absolute atomic E-state index is 14.8. The Kier molecular flexibility index (Phi) is 6.27. The van der Waals surface area contributed by atoms with Gasteiger partial charge in [-0.25, -0.2) is 4.39 Å². The topological polar surface area (TPSA) is 72.9 Å². The average molecular weight is 574 g/mol. The van der Waals surface area contributed by atoms with E-state index < -0.39 is 29.2 Å². The minimum absolute atomic E-state index is 0.275. The van der Waals surface area contributed by atoms with Gasteiger partial charge in [-0.2, -0.15) is 0 Å². The van der Waals surface area contributed by atoms with Crippen LogP contribution in [0.15, 0.2) is 97.1 Å². The number of Topliss-reactive ketones (excluding diaryl/α,β-unsaturated/α-hetero) is 3. The first kappa shape index (κ1) is 26.8. The molecular formula is C36H28FNO5. The minimum Gasteiger partial charge on any atom is -0.497 e. The number of hydrogen-bond acceptors (Lipinski definition) is 6. The van der Waals surface area contributed by atoms with Gasteiger partial charge in [-0.3, -0.25) is 14.4 Å². The van der Waals surface area contributed by atoms with Crippen LogP contribution in [0.2, 0.25) is 0 Å². The Labute approximate surface area is 248 Å². The van der Waals surface area contributed by atoms with E-state index in [0.717, 1.165) is 0 Å². The molecule has 43 heavy (non-hydrogen) atoms. The highest BCUT2D eigenvalue weighted by Crippen LogP contribution is 2.62. The molecule has 7 rings (SSSR count). The highest BCUT2D eigenvalue weighted by atomic mass is 19.1. The molecule has 0 N–H and O–H groups in total. The number of ketones is 3. The van der Waals surface area contributed by atoms with Crippen LogP contribution in [0.4, 0.5) is 10.1 Å². The maximum atomic E-state index is 14.8. The van der Waals surface area contributed by atoms with Crippen molar-refractivity contribution < 1.29 is 28.2 Å². The molecule has 1 aliphatic carbocycles. The zero-order valence-corrected chi connectivity index (χ0v) is 23.6. The van der Waals surface area contributed by atoms with E-state index in [4.69, 9.17) is 9.47 Å². The van der Waals surface area contributed by atoms with Gasteiger partial charge >= 0.3 is 0 Å². The summed E-state index contributed by atoms with van der Waals surface area (Å²) >= 11 is 0. The number of para-hydroxylation sites is 1. The first-order valence-electron chi connectivity index (χ1n) is 14.3. The monoisotopic (exact) mass is 573 g/mol. The lowest BCUT2D eigenvalue weighted by Crippen LogP contribution is -2.48. The van der Waals surface area contributed by atoms with Crippen LogP contribution in [0.25, 0.3) is 6.08 Å². The van der Waals surface area contributed by atoms with Crippen molar-refractivity contribution in [2.75, 3.05) is 18.6 Å². The number of benzene rings is 4. The fourth-order valence-electron chi connectivity index (χ4n) is 7.24. The van der Waals surface area contributed by atoms with Crippen LogP contribution >= 0.6 is 0 Å². The third kappa shape index (κ3) is 3.74. The molecule has 0 radical (unpaired) electrons. The molecule has 0 amide bonds. The third-order valence-corrected chi connectivity index (χ3v) is 8.96. The summed E-state index contributed by atoms with van der Waals surface area (Å²) in [6, 6.07) is 23.5.